The van der Waals surface area contributed by atoms with E-state index in [0.29, 0.717) is 0 Å². The number of aryl methyl sites for hydroxylation is 2. The van der Waals surface area contributed by atoms with Gasteiger partial charge in [0, 0.05) is 4.47 Å². The fourth-order valence-electron chi connectivity index (χ4n) is 1.25. The number of halogens is 1. The molecule has 2 aromatic carbocycles. The zero-order valence-corrected chi connectivity index (χ0v) is 11.4. The molecule has 0 radical (unpaired) electrons. The molecule has 0 N–H and O–H groups in total. The van der Waals surface area contributed by atoms with Crippen LogP contribution in [0.2, 0.25) is 0 Å². The smallest absolute Gasteiger partial charge is 0.0175 e. The molecular formula is C15H17Br. The minimum absolute atomic E-state index is 1.14. The minimum atomic E-state index is 1.14. The second kappa shape index (κ2) is 7.24. The van der Waals surface area contributed by atoms with Gasteiger partial charge in [0.2, 0.25) is 0 Å². The van der Waals surface area contributed by atoms with E-state index in [1.54, 1.807) is 0 Å². The Bertz CT molecular complexity index is 369. The highest BCUT2D eigenvalue weighted by atomic mass is 79.9. The van der Waals surface area contributed by atoms with Crippen LogP contribution in [0.25, 0.3) is 0 Å². The van der Waals surface area contributed by atoms with Crippen LogP contribution in [-0.2, 0) is 6.42 Å². The summed E-state index contributed by atoms with van der Waals surface area (Å²) in [6.07, 6.45) is 1.14. The Labute approximate surface area is 106 Å². The maximum Gasteiger partial charge on any atom is 0.0175 e. The monoisotopic (exact) mass is 276 g/mol. The summed E-state index contributed by atoms with van der Waals surface area (Å²) in [5, 5.41) is 0. The minimum Gasteiger partial charge on any atom is -0.0622 e. The van der Waals surface area contributed by atoms with Gasteiger partial charge in [0.05, 0.1) is 0 Å². The van der Waals surface area contributed by atoms with Crippen molar-refractivity contribution in [2.75, 3.05) is 0 Å². The Balaban J connectivity index is 0.000000160. The lowest BCUT2D eigenvalue weighted by Gasteiger charge is -1.89. The predicted octanol–water partition coefficient (Wildman–Crippen LogP) is 5.01. The molecule has 0 aliphatic heterocycles. The molecule has 0 spiro atoms. The summed E-state index contributed by atoms with van der Waals surface area (Å²) in [6, 6.07) is 18.7. The molecule has 16 heavy (non-hydrogen) atoms. The number of hydrogen-bond acceptors (Lipinski definition) is 0. The second-order valence-corrected chi connectivity index (χ2v) is 4.55. The summed E-state index contributed by atoms with van der Waals surface area (Å²) in [7, 11) is 0. The molecule has 2 aromatic rings. The number of rotatable bonds is 1. The van der Waals surface area contributed by atoms with Crippen molar-refractivity contribution >= 4 is 15.9 Å². The first-order chi connectivity index (χ1) is 7.72. The number of hydrogen-bond donors (Lipinski definition) is 0. The predicted molar refractivity (Wildman–Crippen MR) is 74.7 cm³/mol. The third kappa shape index (κ3) is 5.13. The van der Waals surface area contributed by atoms with E-state index >= 15 is 0 Å². The second-order valence-electron chi connectivity index (χ2n) is 3.63. The van der Waals surface area contributed by atoms with Crippen LogP contribution < -0.4 is 0 Å². The Hall–Kier alpha value is -1.08. The molecule has 0 fully saturated rings. The highest BCUT2D eigenvalue weighted by Gasteiger charge is 1.81. The Kier molecular flexibility index (Phi) is 5.87. The topological polar surface area (TPSA) is 0 Å². The summed E-state index contributed by atoms with van der Waals surface area (Å²) < 4.78 is 1.14. The van der Waals surface area contributed by atoms with Crippen LogP contribution in [0.3, 0.4) is 0 Å². The zero-order valence-electron chi connectivity index (χ0n) is 9.78. The summed E-state index contributed by atoms with van der Waals surface area (Å²) in [5.41, 5.74) is 2.71. The molecule has 0 atom stereocenters. The molecule has 84 valence electrons. The fraction of sp³-hybridized carbons (Fsp3) is 0.200. The Morgan fingerprint density at radius 2 is 1.44 bits per heavy atom. The molecule has 1 heteroatoms. The summed E-state index contributed by atoms with van der Waals surface area (Å²) in [4.78, 5) is 0. The summed E-state index contributed by atoms with van der Waals surface area (Å²) >= 11 is 3.35. The van der Waals surface area contributed by atoms with Crippen LogP contribution >= 0.6 is 15.9 Å². The molecule has 0 unspecified atom stereocenters. The van der Waals surface area contributed by atoms with Gasteiger partial charge < -0.3 is 0 Å². The normalized spacial score (nSPS) is 9.19. The molecule has 0 saturated heterocycles. The van der Waals surface area contributed by atoms with Crippen LogP contribution in [-0.4, -0.2) is 0 Å². The van der Waals surface area contributed by atoms with Gasteiger partial charge in [-0.2, -0.15) is 0 Å². The van der Waals surface area contributed by atoms with Crippen molar-refractivity contribution in [2.24, 2.45) is 0 Å². The van der Waals surface area contributed by atoms with Crippen molar-refractivity contribution < 1.29 is 0 Å². The van der Waals surface area contributed by atoms with Crippen LogP contribution in [0, 0.1) is 6.92 Å². The van der Waals surface area contributed by atoms with Gasteiger partial charge in [-0.05, 0) is 31.0 Å². The quantitative estimate of drug-likeness (QED) is 0.687. The average Bonchev–Trinajstić information content (AvgIpc) is 2.35. The molecule has 0 saturated carbocycles. The van der Waals surface area contributed by atoms with Gasteiger partial charge in [-0.1, -0.05) is 70.9 Å². The van der Waals surface area contributed by atoms with Crippen LogP contribution in [0.1, 0.15) is 18.1 Å². The van der Waals surface area contributed by atoms with E-state index in [4.69, 9.17) is 0 Å². The van der Waals surface area contributed by atoms with Crippen molar-refractivity contribution in [3.05, 3.63) is 70.2 Å². The molecule has 0 heterocycles. The third-order valence-corrected chi connectivity index (χ3v) is 2.79. The molecule has 0 nitrogen and oxygen atoms in total. The highest BCUT2D eigenvalue weighted by Crippen LogP contribution is 2.08. The Morgan fingerprint density at radius 1 is 0.875 bits per heavy atom. The molecule has 0 aliphatic carbocycles. The van der Waals surface area contributed by atoms with E-state index in [1.165, 1.54) is 11.1 Å². The van der Waals surface area contributed by atoms with Gasteiger partial charge in [-0.25, -0.2) is 0 Å². The highest BCUT2D eigenvalue weighted by molar-refractivity contribution is 9.10. The van der Waals surface area contributed by atoms with Crippen molar-refractivity contribution in [2.45, 2.75) is 20.3 Å². The first kappa shape index (κ1) is 13.0. The van der Waals surface area contributed by atoms with Gasteiger partial charge in [-0.15, -0.1) is 0 Å². The van der Waals surface area contributed by atoms with Gasteiger partial charge in [-0.3, -0.25) is 0 Å². The Morgan fingerprint density at radius 3 is 1.81 bits per heavy atom. The van der Waals surface area contributed by atoms with Crippen molar-refractivity contribution in [3.63, 3.8) is 0 Å². The maximum atomic E-state index is 3.35. The maximum absolute atomic E-state index is 3.35. The SMILES string of the molecule is CCc1ccccc1.Cc1ccc(Br)cc1. The fourth-order valence-corrected chi connectivity index (χ4v) is 1.51. The first-order valence-electron chi connectivity index (χ1n) is 5.48. The van der Waals surface area contributed by atoms with Gasteiger partial charge in [0.15, 0.2) is 0 Å². The lowest BCUT2D eigenvalue weighted by atomic mass is 10.2. The van der Waals surface area contributed by atoms with Crippen LogP contribution in [0.15, 0.2) is 59.1 Å². The molecule has 0 aromatic heterocycles. The lowest BCUT2D eigenvalue weighted by molar-refractivity contribution is 1.14. The lowest BCUT2D eigenvalue weighted by Crippen LogP contribution is -1.73. The van der Waals surface area contributed by atoms with E-state index in [1.807, 2.05) is 18.2 Å². The van der Waals surface area contributed by atoms with Gasteiger partial charge >= 0.3 is 0 Å². The van der Waals surface area contributed by atoms with E-state index in [9.17, 15) is 0 Å². The van der Waals surface area contributed by atoms with E-state index in [2.05, 4.69) is 66.2 Å². The molecular weight excluding hydrogens is 260 g/mol. The molecule has 0 aliphatic rings. The standard InChI is InChI=1S/C8H10.C7H7Br/c1-2-8-6-4-3-5-7-8;1-6-2-4-7(8)5-3-6/h3-7H,2H2,1H3;2-5H,1H3. The van der Waals surface area contributed by atoms with E-state index in [-0.39, 0.29) is 0 Å². The van der Waals surface area contributed by atoms with Crippen LogP contribution in [0.5, 0.6) is 0 Å². The van der Waals surface area contributed by atoms with Crippen molar-refractivity contribution in [3.8, 4) is 0 Å². The van der Waals surface area contributed by atoms with E-state index in [0.717, 1.165) is 10.9 Å². The summed E-state index contributed by atoms with van der Waals surface area (Å²) in [5.74, 6) is 0. The molecule has 0 bridgehead atoms. The average molecular weight is 277 g/mol. The van der Waals surface area contributed by atoms with Crippen molar-refractivity contribution in [1.82, 2.24) is 0 Å². The molecule has 2 rings (SSSR count). The molecule has 0 amide bonds. The van der Waals surface area contributed by atoms with Crippen molar-refractivity contribution in [1.29, 1.82) is 0 Å². The largest absolute Gasteiger partial charge is 0.0622 e. The van der Waals surface area contributed by atoms with Crippen LogP contribution in [0.4, 0.5) is 0 Å². The summed E-state index contributed by atoms with van der Waals surface area (Å²) in [6.45, 7) is 4.24. The van der Waals surface area contributed by atoms with E-state index < -0.39 is 0 Å². The number of benzene rings is 2. The zero-order chi connectivity index (χ0) is 11.8. The van der Waals surface area contributed by atoms with Gasteiger partial charge in [0.1, 0.15) is 0 Å². The third-order valence-electron chi connectivity index (χ3n) is 2.26. The first-order valence-corrected chi connectivity index (χ1v) is 6.27. The van der Waals surface area contributed by atoms with Gasteiger partial charge in [0.25, 0.3) is 0 Å².